The Morgan fingerprint density at radius 2 is 1.73 bits per heavy atom. The van der Waals surface area contributed by atoms with Crippen molar-refractivity contribution in [1.29, 1.82) is 10.5 Å². The Morgan fingerprint density at radius 1 is 0.955 bits per heavy atom. The number of benzene rings is 1. The van der Waals surface area contributed by atoms with E-state index in [4.69, 9.17) is 4.42 Å². The predicted molar refractivity (Wildman–Crippen MR) is 76.9 cm³/mol. The molecule has 1 aromatic carbocycles. The lowest BCUT2D eigenvalue weighted by Crippen LogP contribution is -2.06. The van der Waals surface area contributed by atoms with Crippen molar-refractivity contribution in [2.45, 2.75) is 5.92 Å². The van der Waals surface area contributed by atoms with E-state index in [0.29, 0.717) is 11.5 Å². The van der Waals surface area contributed by atoms with Crippen molar-refractivity contribution >= 4 is 0 Å². The highest BCUT2D eigenvalue weighted by Gasteiger charge is 2.21. The molecule has 0 N–H and O–H groups in total. The molecular weight excluding hydrogens is 278 g/mol. The van der Waals surface area contributed by atoms with Crippen LogP contribution in [0.2, 0.25) is 0 Å². The van der Waals surface area contributed by atoms with Crippen LogP contribution in [-0.2, 0) is 0 Å². The van der Waals surface area contributed by atoms with Crippen molar-refractivity contribution in [3.8, 4) is 35.0 Å². The van der Waals surface area contributed by atoms with E-state index < -0.39 is 5.92 Å². The first kappa shape index (κ1) is 13.5. The molecule has 0 fully saturated rings. The zero-order valence-corrected chi connectivity index (χ0v) is 11.3. The summed E-state index contributed by atoms with van der Waals surface area (Å²) in [6.07, 6.45) is 1.50. The van der Waals surface area contributed by atoms with Crippen LogP contribution in [0.15, 0.2) is 53.1 Å². The van der Waals surface area contributed by atoms with Gasteiger partial charge in [0.1, 0.15) is 11.4 Å². The van der Waals surface area contributed by atoms with Gasteiger partial charge in [-0.2, -0.15) is 10.5 Å². The van der Waals surface area contributed by atoms with Gasteiger partial charge in [-0.05, 0) is 12.1 Å². The molecule has 2 aromatic heterocycles. The Labute approximate surface area is 126 Å². The minimum Gasteiger partial charge on any atom is -0.461 e. The first-order valence-electron chi connectivity index (χ1n) is 6.46. The second kappa shape index (κ2) is 5.86. The molecule has 2 heterocycles. The Morgan fingerprint density at radius 3 is 2.36 bits per heavy atom. The van der Waals surface area contributed by atoms with Crippen molar-refractivity contribution in [2.75, 3.05) is 0 Å². The van der Waals surface area contributed by atoms with Gasteiger partial charge in [0.15, 0.2) is 11.7 Å². The van der Waals surface area contributed by atoms with E-state index >= 15 is 0 Å². The van der Waals surface area contributed by atoms with Crippen molar-refractivity contribution < 1.29 is 4.42 Å². The molecule has 104 valence electrons. The molecule has 0 saturated carbocycles. The lowest BCUT2D eigenvalue weighted by Gasteiger charge is -2.08. The lowest BCUT2D eigenvalue weighted by atomic mass is 10.0. The van der Waals surface area contributed by atoms with Gasteiger partial charge in [-0.3, -0.25) is 0 Å². The molecule has 22 heavy (non-hydrogen) atoms. The summed E-state index contributed by atoms with van der Waals surface area (Å²) in [7, 11) is 0. The number of aromatic nitrogens is 3. The Hall–Kier alpha value is -3.51. The van der Waals surface area contributed by atoms with Gasteiger partial charge in [-0.15, -0.1) is 10.2 Å². The molecule has 3 rings (SSSR count). The van der Waals surface area contributed by atoms with Gasteiger partial charge in [0.05, 0.1) is 18.4 Å². The van der Waals surface area contributed by atoms with Gasteiger partial charge in [-0.25, -0.2) is 4.98 Å². The highest BCUT2D eigenvalue weighted by Crippen LogP contribution is 2.27. The fourth-order valence-corrected chi connectivity index (χ4v) is 2.00. The topological polar surface area (TPSA) is 99.4 Å². The Balaban J connectivity index is 2.19. The van der Waals surface area contributed by atoms with Crippen LogP contribution >= 0.6 is 0 Å². The molecule has 0 spiro atoms. The maximum absolute atomic E-state index is 9.19. The standard InChI is InChI=1S/C16H9N5O/c17-9-12(10-18)14-15(11-5-2-1-3-6-11)20-21-16(19-14)13-7-4-8-22-13/h1-8,12H. The highest BCUT2D eigenvalue weighted by atomic mass is 16.3. The van der Waals surface area contributed by atoms with Crippen molar-refractivity contribution in [1.82, 2.24) is 15.2 Å². The molecule has 0 radical (unpaired) electrons. The fourth-order valence-electron chi connectivity index (χ4n) is 2.00. The smallest absolute Gasteiger partial charge is 0.217 e. The lowest BCUT2D eigenvalue weighted by molar-refractivity contribution is 0.575. The molecule has 0 amide bonds. The summed E-state index contributed by atoms with van der Waals surface area (Å²) in [6.45, 7) is 0. The van der Waals surface area contributed by atoms with Crippen LogP contribution in [0.4, 0.5) is 0 Å². The molecule has 6 heteroatoms. The number of hydrogen-bond acceptors (Lipinski definition) is 6. The van der Waals surface area contributed by atoms with E-state index in [9.17, 15) is 10.5 Å². The van der Waals surface area contributed by atoms with Gasteiger partial charge in [-0.1, -0.05) is 30.3 Å². The van der Waals surface area contributed by atoms with E-state index in [1.165, 1.54) is 6.26 Å². The second-order valence-corrected chi connectivity index (χ2v) is 4.40. The third-order valence-corrected chi connectivity index (χ3v) is 3.03. The molecule has 0 unspecified atom stereocenters. The van der Waals surface area contributed by atoms with Gasteiger partial charge in [0, 0.05) is 5.56 Å². The Bertz CT molecular complexity index is 846. The third kappa shape index (κ3) is 2.41. The summed E-state index contributed by atoms with van der Waals surface area (Å²) >= 11 is 0. The summed E-state index contributed by atoms with van der Waals surface area (Å²) in [5.74, 6) is -0.349. The predicted octanol–water partition coefficient (Wildman–Crippen LogP) is 2.93. The van der Waals surface area contributed by atoms with E-state index in [0.717, 1.165) is 5.56 Å². The van der Waals surface area contributed by atoms with Crippen LogP contribution in [0.1, 0.15) is 11.6 Å². The van der Waals surface area contributed by atoms with Crippen LogP contribution in [0, 0.1) is 22.7 Å². The van der Waals surface area contributed by atoms with Gasteiger partial charge < -0.3 is 4.42 Å². The van der Waals surface area contributed by atoms with Crippen LogP contribution in [0.5, 0.6) is 0 Å². The number of nitriles is 2. The van der Waals surface area contributed by atoms with Crippen molar-refractivity contribution in [3.63, 3.8) is 0 Å². The molecule has 0 saturated heterocycles. The van der Waals surface area contributed by atoms with Gasteiger partial charge in [0.25, 0.3) is 0 Å². The average Bonchev–Trinajstić information content (AvgIpc) is 3.11. The maximum Gasteiger partial charge on any atom is 0.217 e. The quantitative estimate of drug-likeness (QED) is 0.734. The largest absolute Gasteiger partial charge is 0.461 e. The van der Waals surface area contributed by atoms with Crippen LogP contribution in [0.3, 0.4) is 0 Å². The molecular formula is C16H9N5O. The molecule has 0 bridgehead atoms. The van der Waals surface area contributed by atoms with Crippen molar-refractivity contribution in [2.24, 2.45) is 0 Å². The first-order valence-corrected chi connectivity index (χ1v) is 6.46. The normalized spacial score (nSPS) is 10.1. The van der Waals surface area contributed by atoms with E-state index in [1.54, 1.807) is 12.1 Å². The maximum atomic E-state index is 9.19. The monoisotopic (exact) mass is 287 g/mol. The number of rotatable bonds is 3. The summed E-state index contributed by atoms with van der Waals surface area (Å²) in [4.78, 5) is 4.32. The van der Waals surface area contributed by atoms with Crippen LogP contribution in [0.25, 0.3) is 22.8 Å². The minimum absolute atomic E-state index is 0.246. The number of furan rings is 1. The van der Waals surface area contributed by atoms with E-state index in [2.05, 4.69) is 15.2 Å². The fraction of sp³-hybridized carbons (Fsp3) is 0.0625. The second-order valence-electron chi connectivity index (χ2n) is 4.40. The first-order chi connectivity index (χ1) is 10.8. The molecule has 0 atom stereocenters. The molecule has 6 nitrogen and oxygen atoms in total. The van der Waals surface area contributed by atoms with E-state index in [1.807, 2.05) is 42.5 Å². The highest BCUT2D eigenvalue weighted by molar-refractivity contribution is 5.64. The number of hydrogen-bond donors (Lipinski definition) is 0. The summed E-state index contributed by atoms with van der Waals surface area (Å²) in [6, 6.07) is 16.5. The molecule has 0 aliphatic carbocycles. The van der Waals surface area contributed by atoms with Crippen molar-refractivity contribution in [3.05, 3.63) is 54.4 Å². The average molecular weight is 287 g/mol. The zero-order chi connectivity index (χ0) is 15.4. The molecule has 3 aromatic rings. The van der Waals surface area contributed by atoms with E-state index in [-0.39, 0.29) is 11.5 Å². The van der Waals surface area contributed by atoms with Gasteiger partial charge in [0.2, 0.25) is 5.82 Å². The summed E-state index contributed by atoms with van der Waals surface area (Å²) in [5.41, 5.74) is 1.45. The summed E-state index contributed by atoms with van der Waals surface area (Å²) < 4.78 is 5.24. The van der Waals surface area contributed by atoms with Crippen LogP contribution < -0.4 is 0 Å². The summed E-state index contributed by atoms with van der Waals surface area (Å²) in [5, 5.41) is 26.6. The minimum atomic E-state index is -1.03. The third-order valence-electron chi connectivity index (χ3n) is 3.03. The Kier molecular flexibility index (Phi) is 3.59. The molecule has 0 aliphatic rings. The SMILES string of the molecule is N#CC(C#N)c1nc(-c2ccco2)nnc1-c1ccccc1. The number of nitrogens with zero attached hydrogens (tertiary/aromatic N) is 5. The molecule has 0 aliphatic heterocycles. The van der Waals surface area contributed by atoms with Crippen LogP contribution in [-0.4, -0.2) is 15.2 Å². The van der Waals surface area contributed by atoms with Gasteiger partial charge >= 0.3 is 0 Å². The zero-order valence-electron chi connectivity index (χ0n) is 11.3.